The van der Waals surface area contributed by atoms with Crippen LogP contribution in [0.1, 0.15) is 51.0 Å². The summed E-state index contributed by atoms with van der Waals surface area (Å²) < 4.78 is 49.3. The summed E-state index contributed by atoms with van der Waals surface area (Å²) in [7, 11) is -1.46. The second kappa shape index (κ2) is 11.5. The number of anilines is 3. The highest BCUT2D eigenvalue weighted by Gasteiger charge is 2.42. The molecule has 43 heavy (non-hydrogen) atoms. The molecule has 9 heteroatoms. The van der Waals surface area contributed by atoms with Gasteiger partial charge in [0.2, 0.25) is 0 Å². The van der Waals surface area contributed by atoms with Crippen LogP contribution in [-0.2, 0) is 9.36 Å². The van der Waals surface area contributed by atoms with Gasteiger partial charge in [-0.2, -0.15) is 0 Å². The average molecular weight is 607 g/mol. The molecule has 3 fully saturated rings. The monoisotopic (exact) mass is 606 g/mol. The Labute approximate surface area is 253 Å². The topological polar surface area (TPSA) is 53.1 Å². The molecule has 226 valence electrons. The number of carbonyl (C=O) groups is 1. The van der Waals surface area contributed by atoms with E-state index in [1.165, 1.54) is 19.1 Å². The minimum atomic E-state index is -1.46. The van der Waals surface area contributed by atoms with E-state index >= 15 is 8.78 Å². The van der Waals surface area contributed by atoms with Gasteiger partial charge in [-0.05, 0) is 75.3 Å². The molecule has 1 saturated carbocycles. The van der Waals surface area contributed by atoms with E-state index in [9.17, 15) is 9.36 Å². The van der Waals surface area contributed by atoms with Crippen LogP contribution >= 0.6 is 7.80 Å². The lowest BCUT2D eigenvalue weighted by atomic mass is 9.80. The zero-order chi connectivity index (χ0) is 30.5. The first kappa shape index (κ1) is 29.6. The van der Waals surface area contributed by atoms with Crippen molar-refractivity contribution in [2.24, 2.45) is 5.41 Å². The maximum Gasteiger partial charge on any atom is 0.336 e. The highest BCUT2D eigenvalue weighted by molar-refractivity contribution is 7.43. The van der Waals surface area contributed by atoms with Gasteiger partial charge in [-0.25, -0.2) is 8.78 Å². The number of carbonyl (C=O) groups excluding carboxylic acids is 1. The summed E-state index contributed by atoms with van der Waals surface area (Å²) in [6, 6.07) is 8.72. The van der Waals surface area contributed by atoms with Crippen LogP contribution in [0.4, 0.5) is 25.8 Å². The number of nitrogens with zero attached hydrogens (tertiary/aromatic N) is 3. The van der Waals surface area contributed by atoms with Crippen LogP contribution in [-0.4, -0.2) is 50.9 Å². The Balaban J connectivity index is 1.18. The lowest BCUT2D eigenvalue weighted by Gasteiger charge is -2.41. The van der Waals surface area contributed by atoms with Crippen molar-refractivity contribution in [1.29, 1.82) is 0 Å². The normalized spacial score (nSPS) is 20.2. The van der Waals surface area contributed by atoms with Crippen LogP contribution in [0.5, 0.6) is 5.75 Å². The van der Waals surface area contributed by atoms with Gasteiger partial charge < -0.3 is 19.4 Å². The number of benzene rings is 2. The number of fused-ring (bicyclic) bond motifs is 1. The number of halogens is 2. The molecule has 3 heterocycles. The van der Waals surface area contributed by atoms with E-state index in [1.54, 1.807) is 12.7 Å². The molecule has 3 aliphatic heterocycles. The third-order valence-electron chi connectivity index (χ3n) is 9.29. The molecule has 1 atom stereocenters. The molecular formula is C34H39F2N3O3P+. The van der Waals surface area contributed by atoms with Gasteiger partial charge in [0.1, 0.15) is 12.5 Å². The van der Waals surface area contributed by atoms with Gasteiger partial charge in [0.15, 0.2) is 23.5 Å². The largest absolute Gasteiger partial charge is 0.490 e. The summed E-state index contributed by atoms with van der Waals surface area (Å²) in [6.45, 7) is 13.6. The Hall–Kier alpha value is -3.51. The molecule has 4 aliphatic rings. The van der Waals surface area contributed by atoms with Gasteiger partial charge in [-0.1, -0.05) is 17.7 Å². The molecule has 1 unspecified atom stereocenters. The first-order valence-electron chi connectivity index (χ1n) is 15.1. The van der Waals surface area contributed by atoms with Crippen molar-refractivity contribution in [2.45, 2.75) is 51.5 Å². The van der Waals surface area contributed by atoms with Crippen LogP contribution in [0.3, 0.4) is 0 Å². The van der Waals surface area contributed by atoms with Crippen molar-refractivity contribution in [1.82, 2.24) is 0 Å². The Morgan fingerprint density at radius 1 is 1.07 bits per heavy atom. The van der Waals surface area contributed by atoms with Crippen molar-refractivity contribution in [3.05, 3.63) is 78.2 Å². The van der Waals surface area contributed by atoms with E-state index in [-0.39, 0.29) is 24.0 Å². The smallest absolute Gasteiger partial charge is 0.336 e. The summed E-state index contributed by atoms with van der Waals surface area (Å²) >= 11 is 0. The van der Waals surface area contributed by atoms with Crippen LogP contribution < -0.4 is 19.4 Å². The van der Waals surface area contributed by atoms with E-state index in [0.717, 1.165) is 49.3 Å². The summed E-state index contributed by atoms with van der Waals surface area (Å²) in [5.74, 6) is -0.678. The molecule has 0 radical (unpaired) electrons. The highest BCUT2D eigenvalue weighted by Crippen LogP contribution is 2.46. The van der Waals surface area contributed by atoms with Crippen molar-refractivity contribution in [2.75, 3.05) is 53.8 Å². The van der Waals surface area contributed by atoms with Gasteiger partial charge >= 0.3 is 7.80 Å². The number of ether oxygens (including phenoxy) is 1. The van der Waals surface area contributed by atoms with Gasteiger partial charge in [0.05, 0.1) is 23.4 Å². The number of rotatable bonds is 9. The Morgan fingerprint density at radius 2 is 1.81 bits per heavy atom. The van der Waals surface area contributed by atoms with Crippen molar-refractivity contribution in [3.8, 4) is 5.75 Å². The zero-order valence-corrected chi connectivity index (χ0v) is 25.9. The van der Waals surface area contributed by atoms with E-state index < -0.39 is 19.0 Å². The lowest BCUT2D eigenvalue weighted by Crippen LogP contribution is -2.45. The Bertz CT molecular complexity index is 1540. The molecule has 6 rings (SSSR count). The summed E-state index contributed by atoms with van der Waals surface area (Å²) in [4.78, 5) is 18.4. The molecule has 0 amide bonds. The third kappa shape index (κ3) is 5.86. The number of hydrogen-bond acceptors (Lipinski definition) is 6. The quantitative estimate of drug-likeness (QED) is 0.273. The summed E-state index contributed by atoms with van der Waals surface area (Å²) in [5.41, 5.74) is 4.47. The SMILES string of the molecule is C=C1C(C(C)=O)=CN(C2CC2)c2cc(N3CCC(COc4ccc(N5CCCC5=C)cc4F)(C[P+](C)=O)CC3)c(F)cc21. The molecule has 2 saturated heterocycles. The minimum absolute atomic E-state index is 0.0806. The molecular weight excluding hydrogens is 567 g/mol. The van der Waals surface area contributed by atoms with E-state index in [1.807, 2.05) is 28.1 Å². The third-order valence-corrected chi connectivity index (χ3v) is 10.4. The first-order valence-corrected chi connectivity index (χ1v) is 17.0. The van der Waals surface area contributed by atoms with Gasteiger partial charge in [-0.15, -0.1) is 0 Å². The highest BCUT2D eigenvalue weighted by atomic mass is 31.1. The number of piperidine rings is 1. The molecule has 1 aliphatic carbocycles. The van der Waals surface area contributed by atoms with Gasteiger partial charge in [-0.3, -0.25) is 4.79 Å². The summed E-state index contributed by atoms with van der Waals surface area (Å²) in [6.07, 6.45) is 7.58. The lowest BCUT2D eigenvalue weighted by molar-refractivity contribution is -0.113. The number of Topliss-reactive ketones (excluding diaryl/α,β-unsaturated/α-hetero) is 1. The van der Waals surface area contributed by atoms with E-state index in [2.05, 4.69) is 18.1 Å². The minimum Gasteiger partial charge on any atom is -0.490 e. The van der Waals surface area contributed by atoms with E-state index in [0.29, 0.717) is 60.5 Å². The molecule has 0 N–H and O–H groups in total. The van der Waals surface area contributed by atoms with Crippen LogP contribution in [0.25, 0.3) is 5.57 Å². The van der Waals surface area contributed by atoms with E-state index in [4.69, 9.17) is 4.74 Å². The predicted molar refractivity (Wildman–Crippen MR) is 170 cm³/mol. The second-order valence-corrected chi connectivity index (χ2v) is 14.1. The molecule has 2 aromatic rings. The fraction of sp³-hybridized carbons (Fsp3) is 0.441. The summed E-state index contributed by atoms with van der Waals surface area (Å²) in [5, 5.41) is 0. The average Bonchev–Trinajstić information content (AvgIpc) is 3.72. The van der Waals surface area contributed by atoms with Crippen molar-refractivity contribution < 1.29 is 22.9 Å². The fourth-order valence-electron chi connectivity index (χ4n) is 6.73. The van der Waals surface area contributed by atoms with Gasteiger partial charge in [0.25, 0.3) is 0 Å². The maximum atomic E-state index is 15.7. The van der Waals surface area contributed by atoms with Crippen LogP contribution in [0, 0.1) is 17.0 Å². The number of allylic oxidation sites excluding steroid dienone is 3. The van der Waals surface area contributed by atoms with Gasteiger partial charge in [0, 0.05) is 60.5 Å². The first-order chi connectivity index (χ1) is 20.5. The molecule has 0 spiro atoms. The molecule has 0 aromatic heterocycles. The van der Waals surface area contributed by atoms with Crippen LogP contribution in [0.2, 0.25) is 0 Å². The Morgan fingerprint density at radius 3 is 2.42 bits per heavy atom. The standard InChI is InChI=1S/C34H39F2N3O3P/c1-22-6-5-13-38(22)26-9-10-33(30(36)16-26)42-20-34(21-43(4)41)11-14-37(15-12-34)32-18-31-27(17-29(32)35)23(2)28(24(3)40)19-39(31)25-7-8-25/h9-10,16-19,25H,1-2,5-8,11-15,20-21H2,3-4H3/q+1. The Kier molecular flexibility index (Phi) is 7.93. The zero-order valence-electron chi connectivity index (χ0n) is 25.0. The molecule has 0 bridgehead atoms. The number of hydrogen-bond donors (Lipinski definition) is 0. The molecule has 6 nitrogen and oxygen atoms in total. The van der Waals surface area contributed by atoms with Crippen molar-refractivity contribution in [3.63, 3.8) is 0 Å². The predicted octanol–water partition coefficient (Wildman–Crippen LogP) is 7.67. The molecule has 2 aromatic carbocycles. The number of ketones is 1. The van der Waals surface area contributed by atoms with Crippen LogP contribution in [0.15, 0.2) is 61.0 Å². The maximum absolute atomic E-state index is 15.7. The van der Waals surface area contributed by atoms with Crippen molar-refractivity contribution >= 4 is 36.2 Å². The second-order valence-electron chi connectivity index (χ2n) is 12.5. The fourth-order valence-corrected chi connectivity index (χ4v) is 8.08.